The summed E-state index contributed by atoms with van der Waals surface area (Å²) in [6, 6.07) is 0. The Kier molecular flexibility index (Phi) is 3.14. The van der Waals surface area contributed by atoms with E-state index < -0.39 is 10.1 Å². The van der Waals surface area contributed by atoms with E-state index in [4.69, 9.17) is 0 Å². The maximum atomic E-state index is 11.4. The smallest absolute Gasteiger partial charge is 0.270 e. The van der Waals surface area contributed by atoms with Crippen LogP contribution in [-0.4, -0.2) is 20.8 Å². The molecule has 4 heteroatoms. The van der Waals surface area contributed by atoms with Gasteiger partial charge in [0.15, 0.2) is 0 Å². The topological polar surface area (TPSA) is 43.4 Å². The average molecular weight is 204 g/mol. The molecule has 0 heterocycles. The van der Waals surface area contributed by atoms with Crippen LogP contribution in [0.15, 0.2) is 11.6 Å². The largest absolute Gasteiger partial charge is 0.273 e. The summed E-state index contributed by atoms with van der Waals surface area (Å²) in [5.74, 6) is 0.0682. The number of hydrogen-bond acceptors (Lipinski definition) is 3. The highest BCUT2D eigenvalue weighted by Gasteiger charge is 2.31. The van der Waals surface area contributed by atoms with Crippen molar-refractivity contribution in [1.29, 1.82) is 0 Å². The van der Waals surface area contributed by atoms with Crippen LogP contribution in [0.3, 0.4) is 0 Å². The van der Waals surface area contributed by atoms with Crippen molar-refractivity contribution in [3.05, 3.63) is 11.6 Å². The summed E-state index contributed by atoms with van der Waals surface area (Å²) in [7, 11) is -2.11. The van der Waals surface area contributed by atoms with Gasteiger partial charge in [-0.25, -0.2) is 0 Å². The van der Waals surface area contributed by atoms with Crippen molar-refractivity contribution >= 4 is 10.1 Å². The van der Waals surface area contributed by atoms with Crippen LogP contribution in [0.4, 0.5) is 0 Å². The summed E-state index contributed by atoms with van der Waals surface area (Å²) in [4.78, 5) is 0. The van der Waals surface area contributed by atoms with Gasteiger partial charge in [-0.05, 0) is 25.7 Å². The molecule has 0 aliphatic heterocycles. The quantitative estimate of drug-likeness (QED) is 0.508. The molecule has 0 spiro atoms. The molecule has 0 aromatic heterocycles. The van der Waals surface area contributed by atoms with Crippen LogP contribution >= 0.6 is 0 Å². The zero-order valence-electron chi connectivity index (χ0n) is 8.28. The fourth-order valence-corrected chi connectivity index (χ4v) is 3.06. The van der Waals surface area contributed by atoms with Gasteiger partial charge in [0.25, 0.3) is 10.1 Å². The van der Waals surface area contributed by atoms with Crippen molar-refractivity contribution in [3.8, 4) is 0 Å². The van der Waals surface area contributed by atoms with Gasteiger partial charge in [-0.3, -0.25) is 4.18 Å². The molecule has 0 fully saturated rings. The predicted octanol–water partition coefficient (Wildman–Crippen LogP) is 1.71. The SMILES string of the molecule is COS(=O)(=O)C1CCC(C)=C[C@H]1C. The van der Waals surface area contributed by atoms with Crippen LogP contribution in [0.5, 0.6) is 0 Å². The lowest BCUT2D eigenvalue weighted by atomic mass is 9.92. The van der Waals surface area contributed by atoms with E-state index in [2.05, 4.69) is 4.18 Å². The first kappa shape index (κ1) is 10.7. The Morgan fingerprint density at radius 1 is 1.54 bits per heavy atom. The second-order valence-corrected chi connectivity index (χ2v) is 5.53. The van der Waals surface area contributed by atoms with Crippen LogP contribution in [-0.2, 0) is 14.3 Å². The summed E-state index contributed by atoms with van der Waals surface area (Å²) in [5, 5.41) is -0.360. The Labute approximate surface area is 79.9 Å². The van der Waals surface area contributed by atoms with Crippen LogP contribution in [0.2, 0.25) is 0 Å². The van der Waals surface area contributed by atoms with Crippen LogP contribution in [0.25, 0.3) is 0 Å². The summed E-state index contributed by atoms with van der Waals surface area (Å²) >= 11 is 0. The number of allylic oxidation sites excluding steroid dienone is 2. The minimum atomic E-state index is -3.34. The van der Waals surface area contributed by atoms with Crippen molar-refractivity contribution in [2.45, 2.75) is 31.9 Å². The molecule has 0 aromatic carbocycles. The molecule has 13 heavy (non-hydrogen) atoms. The van der Waals surface area contributed by atoms with Crippen molar-refractivity contribution in [3.63, 3.8) is 0 Å². The van der Waals surface area contributed by atoms with Crippen LogP contribution < -0.4 is 0 Å². The van der Waals surface area contributed by atoms with Gasteiger partial charge < -0.3 is 0 Å². The lowest BCUT2D eigenvalue weighted by molar-refractivity contribution is 0.371. The van der Waals surface area contributed by atoms with Gasteiger partial charge in [-0.2, -0.15) is 8.42 Å². The lowest BCUT2D eigenvalue weighted by Crippen LogP contribution is -2.30. The standard InChI is InChI=1S/C9H16O3S/c1-7-4-5-9(8(2)6-7)13(10,11)12-3/h6,8-9H,4-5H2,1-3H3/t8-,9?/m1/s1. The van der Waals surface area contributed by atoms with Gasteiger partial charge in [0.1, 0.15) is 0 Å². The molecule has 1 aliphatic carbocycles. The first-order valence-electron chi connectivity index (χ1n) is 4.44. The van der Waals surface area contributed by atoms with E-state index in [1.54, 1.807) is 0 Å². The zero-order valence-corrected chi connectivity index (χ0v) is 9.10. The predicted molar refractivity (Wildman–Crippen MR) is 51.9 cm³/mol. The molecule has 76 valence electrons. The third kappa shape index (κ3) is 2.31. The van der Waals surface area contributed by atoms with E-state index in [0.29, 0.717) is 6.42 Å². The summed E-state index contributed by atoms with van der Waals surface area (Å²) in [6.07, 6.45) is 3.56. The zero-order chi connectivity index (χ0) is 10.1. The van der Waals surface area contributed by atoms with E-state index in [1.165, 1.54) is 12.7 Å². The Bertz CT molecular complexity index is 303. The second kappa shape index (κ2) is 3.80. The molecule has 0 aromatic rings. The molecule has 0 amide bonds. The number of hydrogen-bond donors (Lipinski definition) is 0. The molecular formula is C9H16O3S. The summed E-state index contributed by atoms with van der Waals surface area (Å²) < 4.78 is 27.4. The molecule has 0 radical (unpaired) electrons. The minimum absolute atomic E-state index is 0.0682. The molecule has 3 nitrogen and oxygen atoms in total. The Morgan fingerprint density at radius 2 is 2.15 bits per heavy atom. The van der Waals surface area contributed by atoms with E-state index in [-0.39, 0.29) is 11.2 Å². The van der Waals surface area contributed by atoms with Crippen LogP contribution in [0.1, 0.15) is 26.7 Å². The van der Waals surface area contributed by atoms with E-state index in [1.807, 2.05) is 19.9 Å². The highest BCUT2D eigenvalue weighted by molar-refractivity contribution is 7.87. The molecule has 0 saturated carbocycles. The fourth-order valence-electron chi connectivity index (χ4n) is 1.80. The van der Waals surface area contributed by atoms with E-state index >= 15 is 0 Å². The van der Waals surface area contributed by atoms with Gasteiger partial charge in [-0.15, -0.1) is 0 Å². The molecule has 1 aliphatic rings. The maximum absolute atomic E-state index is 11.4. The number of rotatable bonds is 2. The van der Waals surface area contributed by atoms with Gasteiger partial charge in [0, 0.05) is 0 Å². The van der Waals surface area contributed by atoms with Crippen LogP contribution in [0, 0.1) is 5.92 Å². The summed E-state index contributed by atoms with van der Waals surface area (Å²) in [5.41, 5.74) is 1.27. The van der Waals surface area contributed by atoms with E-state index in [0.717, 1.165) is 6.42 Å². The van der Waals surface area contributed by atoms with Gasteiger partial charge in [-0.1, -0.05) is 18.6 Å². The molecule has 1 rings (SSSR count). The molecule has 1 unspecified atom stereocenters. The monoisotopic (exact) mass is 204 g/mol. The first-order valence-corrected chi connectivity index (χ1v) is 5.91. The average Bonchev–Trinajstić information content (AvgIpc) is 2.03. The van der Waals surface area contributed by atoms with E-state index in [9.17, 15) is 8.42 Å². The first-order chi connectivity index (χ1) is 5.97. The van der Waals surface area contributed by atoms with Crippen molar-refractivity contribution in [2.75, 3.05) is 7.11 Å². The third-order valence-corrected chi connectivity index (χ3v) is 4.43. The fraction of sp³-hybridized carbons (Fsp3) is 0.778. The maximum Gasteiger partial charge on any atom is 0.270 e. The third-order valence-electron chi connectivity index (χ3n) is 2.56. The highest BCUT2D eigenvalue weighted by Crippen LogP contribution is 2.28. The molecule has 0 saturated heterocycles. The summed E-state index contributed by atoms with van der Waals surface area (Å²) in [6.45, 7) is 3.95. The molecular weight excluding hydrogens is 188 g/mol. The normalized spacial score (nSPS) is 29.9. The Hall–Kier alpha value is -0.350. The van der Waals surface area contributed by atoms with Gasteiger partial charge >= 0.3 is 0 Å². The van der Waals surface area contributed by atoms with Gasteiger partial charge in [0.05, 0.1) is 12.4 Å². The molecule has 0 bridgehead atoms. The van der Waals surface area contributed by atoms with Crippen molar-refractivity contribution < 1.29 is 12.6 Å². The van der Waals surface area contributed by atoms with Gasteiger partial charge in [0.2, 0.25) is 0 Å². The Morgan fingerprint density at radius 3 is 2.62 bits per heavy atom. The second-order valence-electron chi connectivity index (χ2n) is 3.61. The molecule has 0 N–H and O–H groups in total. The lowest BCUT2D eigenvalue weighted by Gasteiger charge is -2.25. The Balaban J connectivity index is 2.86. The highest BCUT2D eigenvalue weighted by atomic mass is 32.2. The minimum Gasteiger partial charge on any atom is -0.273 e. The van der Waals surface area contributed by atoms with Crippen molar-refractivity contribution in [2.24, 2.45) is 5.92 Å². The molecule has 2 atom stereocenters. The van der Waals surface area contributed by atoms with Crippen molar-refractivity contribution in [1.82, 2.24) is 0 Å².